The Kier molecular flexibility index (Phi) is 3.92. The monoisotopic (exact) mass is 274 g/mol. The van der Waals surface area contributed by atoms with Crippen molar-refractivity contribution in [2.24, 2.45) is 0 Å². The van der Waals surface area contributed by atoms with E-state index < -0.39 is 24.6 Å². The highest BCUT2D eigenvalue weighted by Gasteiger charge is 2.48. The van der Waals surface area contributed by atoms with Gasteiger partial charge in [0.1, 0.15) is 0 Å². The first-order valence-electron chi connectivity index (χ1n) is 6.20. The van der Waals surface area contributed by atoms with Gasteiger partial charge >= 0.3 is 12.3 Å². The van der Waals surface area contributed by atoms with Gasteiger partial charge in [-0.3, -0.25) is 4.79 Å². The molecule has 0 radical (unpaired) electrons. The molecule has 19 heavy (non-hydrogen) atoms. The van der Waals surface area contributed by atoms with E-state index in [0.717, 1.165) is 24.0 Å². The second-order valence-electron chi connectivity index (χ2n) is 4.84. The molecule has 0 spiro atoms. The largest absolute Gasteiger partial charge is 0.364 e. The van der Waals surface area contributed by atoms with Gasteiger partial charge in [0.05, 0.1) is 0 Å². The van der Waals surface area contributed by atoms with Gasteiger partial charge in [0.2, 0.25) is 5.78 Å². The number of carbonyl (C=O) groups is 1. The zero-order valence-electron chi connectivity index (χ0n) is 10.2. The zero-order chi connectivity index (χ0) is 14.0. The van der Waals surface area contributed by atoms with Crippen molar-refractivity contribution in [1.82, 2.24) is 0 Å². The van der Waals surface area contributed by atoms with Gasteiger partial charge in [0, 0.05) is 6.42 Å². The van der Waals surface area contributed by atoms with Crippen LogP contribution in [0.15, 0.2) is 24.3 Å². The standard InChI is InChI=1S/C14H14F4O/c15-13(16)14(17,18)12(19)8-10-6-3-5-9-4-1-2-7-11(9)10/h1-2,4,7,10,13H,3,5-6,8H2. The zero-order valence-corrected chi connectivity index (χ0v) is 10.2. The summed E-state index contributed by atoms with van der Waals surface area (Å²) in [5.74, 6) is -6.57. The van der Waals surface area contributed by atoms with Crippen molar-refractivity contribution in [3.63, 3.8) is 0 Å². The number of hydrogen-bond acceptors (Lipinski definition) is 1. The lowest BCUT2D eigenvalue weighted by molar-refractivity contribution is -0.167. The third-order valence-electron chi connectivity index (χ3n) is 3.57. The molecule has 1 unspecified atom stereocenters. The summed E-state index contributed by atoms with van der Waals surface area (Å²) in [6.45, 7) is 0. The fourth-order valence-corrected chi connectivity index (χ4v) is 2.55. The molecule has 1 aliphatic carbocycles. The molecule has 2 rings (SSSR count). The molecule has 0 N–H and O–H groups in total. The van der Waals surface area contributed by atoms with Crippen molar-refractivity contribution in [1.29, 1.82) is 0 Å². The third kappa shape index (κ3) is 2.80. The molecular formula is C14H14F4O. The molecule has 1 aromatic carbocycles. The number of hydrogen-bond donors (Lipinski definition) is 0. The lowest BCUT2D eigenvalue weighted by atomic mass is 9.80. The van der Waals surface area contributed by atoms with Crippen molar-refractivity contribution in [3.8, 4) is 0 Å². The average Bonchev–Trinajstić information content (AvgIpc) is 2.39. The minimum Gasteiger partial charge on any atom is -0.293 e. The topological polar surface area (TPSA) is 17.1 Å². The van der Waals surface area contributed by atoms with Crippen LogP contribution in [0.3, 0.4) is 0 Å². The van der Waals surface area contributed by atoms with E-state index in [1.807, 2.05) is 12.1 Å². The van der Waals surface area contributed by atoms with Crippen LogP contribution in [0.1, 0.15) is 36.3 Å². The normalized spacial score (nSPS) is 19.3. The highest BCUT2D eigenvalue weighted by Crippen LogP contribution is 2.36. The SMILES string of the molecule is O=C(CC1CCCc2ccccc21)C(F)(F)C(F)F. The Morgan fingerprint density at radius 1 is 1.32 bits per heavy atom. The van der Waals surface area contributed by atoms with E-state index in [1.165, 1.54) is 0 Å². The first kappa shape index (κ1) is 14.0. The molecule has 0 aliphatic heterocycles. The van der Waals surface area contributed by atoms with Crippen LogP contribution in [0.5, 0.6) is 0 Å². The van der Waals surface area contributed by atoms with Crippen LogP contribution >= 0.6 is 0 Å². The summed E-state index contributed by atoms with van der Waals surface area (Å²) in [6, 6.07) is 7.29. The first-order chi connectivity index (χ1) is 8.93. The molecular weight excluding hydrogens is 260 g/mol. The summed E-state index contributed by atoms with van der Waals surface area (Å²) in [7, 11) is 0. The fraction of sp³-hybridized carbons (Fsp3) is 0.500. The summed E-state index contributed by atoms with van der Waals surface area (Å²) in [5, 5.41) is 0. The van der Waals surface area contributed by atoms with E-state index in [9.17, 15) is 22.4 Å². The van der Waals surface area contributed by atoms with E-state index >= 15 is 0 Å². The molecule has 1 nitrogen and oxygen atoms in total. The molecule has 5 heteroatoms. The van der Waals surface area contributed by atoms with Crippen LogP contribution in [0.25, 0.3) is 0 Å². The van der Waals surface area contributed by atoms with Crippen LogP contribution in [0, 0.1) is 0 Å². The number of alkyl halides is 4. The highest BCUT2D eigenvalue weighted by atomic mass is 19.3. The van der Waals surface area contributed by atoms with Gasteiger partial charge in [-0.2, -0.15) is 8.78 Å². The first-order valence-corrected chi connectivity index (χ1v) is 6.20. The number of Topliss-reactive ketones (excluding diaryl/α,β-unsaturated/α-hetero) is 1. The summed E-state index contributed by atoms with van der Waals surface area (Å²) in [4.78, 5) is 11.4. The van der Waals surface area contributed by atoms with Gasteiger partial charge < -0.3 is 0 Å². The summed E-state index contributed by atoms with van der Waals surface area (Å²) < 4.78 is 50.2. The Morgan fingerprint density at radius 3 is 2.68 bits per heavy atom. The van der Waals surface area contributed by atoms with E-state index in [4.69, 9.17) is 0 Å². The smallest absolute Gasteiger partial charge is 0.293 e. The maximum Gasteiger partial charge on any atom is 0.364 e. The van der Waals surface area contributed by atoms with Crippen molar-refractivity contribution in [2.45, 2.75) is 43.9 Å². The van der Waals surface area contributed by atoms with Gasteiger partial charge in [0.25, 0.3) is 0 Å². The van der Waals surface area contributed by atoms with E-state index in [2.05, 4.69) is 0 Å². The molecule has 0 saturated heterocycles. The lowest BCUT2D eigenvalue weighted by Gasteiger charge is -2.26. The Balaban J connectivity index is 2.15. The minimum absolute atomic E-state index is 0.373. The van der Waals surface area contributed by atoms with Gasteiger partial charge in [0.15, 0.2) is 0 Å². The van der Waals surface area contributed by atoms with Gasteiger partial charge in [-0.25, -0.2) is 8.78 Å². The maximum absolute atomic E-state index is 13.0. The fourth-order valence-electron chi connectivity index (χ4n) is 2.55. The summed E-state index contributed by atoms with van der Waals surface area (Å²) >= 11 is 0. The van der Waals surface area contributed by atoms with Crippen molar-refractivity contribution in [2.75, 3.05) is 0 Å². The summed E-state index contributed by atoms with van der Waals surface area (Å²) in [6.07, 6.45) is -2.24. The Hall–Kier alpha value is -1.39. The van der Waals surface area contributed by atoms with Crippen molar-refractivity contribution < 1.29 is 22.4 Å². The predicted molar refractivity (Wildman–Crippen MR) is 62.7 cm³/mol. The van der Waals surface area contributed by atoms with E-state index in [0.29, 0.717) is 6.42 Å². The quantitative estimate of drug-likeness (QED) is 0.759. The number of halogens is 4. The second-order valence-corrected chi connectivity index (χ2v) is 4.84. The minimum atomic E-state index is -4.54. The molecule has 0 heterocycles. The highest BCUT2D eigenvalue weighted by molar-refractivity contribution is 5.86. The predicted octanol–water partition coefficient (Wildman–Crippen LogP) is 3.97. The molecule has 1 aromatic rings. The molecule has 0 bridgehead atoms. The van der Waals surface area contributed by atoms with Gasteiger partial charge in [-0.05, 0) is 36.3 Å². The molecule has 1 atom stereocenters. The summed E-state index contributed by atoms with van der Waals surface area (Å²) in [5.41, 5.74) is 1.86. The van der Waals surface area contributed by atoms with E-state index in [-0.39, 0.29) is 5.92 Å². The molecule has 104 valence electrons. The van der Waals surface area contributed by atoms with Gasteiger partial charge in [-0.1, -0.05) is 24.3 Å². The number of carbonyl (C=O) groups excluding carboxylic acids is 1. The Morgan fingerprint density at radius 2 is 2.00 bits per heavy atom. The number of fused-ring (bicyclic) bond motifs is 1. The Labute approximate surface area is 108 Å². The van der Waals surface area contributed by atoms with Crippen LogP contribution in [0.2, 0.25) is 0 Å². The number of benzene rings is 1. The molecule has 0 aromatic heterocycles. The van der Waals surface area contributed by atoms with Crippen molar-refractivity contribution in [3.05, 3.63) is 35.4 Å². The van der Waals surface area contributed by atoms with Crippen molar-refractivity contribution >= 4 is 5.78 Å². The Bertz CT molecular complexity index is 470. The molecule has 1 aliphatic rings. The third-order valence-corrected chi connectivity index (χ3v) is 3.57. The molecule has 0 saturated carbocycles. The van der Waals surface area contributed by atoms with Crippen LogP contribution < -0.4 is 0 Å². The maximum atomic E-state index is 13.0. The number of aryl methyl sites for hydroxylation is 1. The molecule has 0 fully saturated rings. The van der Waals surface area contributed by atoms with Crippen LogP contribution in [-0.2, 0) is 11.2 Å². The number of ketones is 1. The lowest BCUT2D eigenvalue weighted by Crippen LogP contribution is -2.37. The molecule has 0 amide bonds. The average molecular weight is 274 g/mol. The van der Waals surface area contributed by atoms with E-state index in [1.54, 1.807) is 12.1 Å². The van der Waals surface area contributed by atoms with Gasteiger partial charge in [-0.15, -0.1) is 0 Å². The van der Waals surface area contributed by atoms with Crippen LogP contribution in [0.4, 0.5) is 17.6 Å². The second kappa shape index (κ2) is 5.31. The number of rotatable bonds is 4. The van der Waals surface area contributed by atoms with Crippen LogP contribution in [-0.4, -0.2) is 18.1 Å².